The first kappa shape index (κ1) is 10.8. The van der Waals surface area contributed by atoms with Gasteiger partial charge in [-0.3, -0.25) is 4.79 Å². The lowest BCUT2D eigenvalue weighted by Crippen LogP contribution is -2.31. The maximum absolute atomic E-state index is 11.6. The molecular weight excluding hydrogens is 258 g/mol. The van der Waals surface area contributed by atoms with E-state index in [1.165, 1.54) is 12.1 Å². The van der Waals surface area contributed by atoms with Crippen molar-refractivity contribution in [1.29, 1.82) is 0 Å². The van der Waals surface area contributed by atoms with Crippen LogP contribution in [0.3, 0.4) is 0 Å². The number of rotatable bonds is 0. The van der Waals surface area contributed by atoms with Crippen LogP contribution in [-0.2, 0) is 10.0 Å². The van der Waals surface area contributed by atoms with E-state index in [9.17, 15) is 13.2 Å². The van der Waals surface area contributed by atoms with Crippen LogP contribution in [0.5, 0.6) is 0 Å². The van der Waals surface area contributed by atoms with E-state index >= 15 is 0 Å². The third kappa shape index (κ3) is 1.84. The first-order chi connectivity index (χ1) is 6.90. The number of hydrogen-bond acceptors (Lipinski definition) is 4. The molecule has 2 rings (SSSR count). The Kier molecular flexibility index (Phi) is 2.44. The van der Waals surface area contributed by atoms with Crippen LogP contribution in [0.25, 0.3) is 0 Å². The monoisotopic (exact) mass is 263 g/mol. The van der Waals surface area contributed by atoms with Crippen molar-refractivity contribution in [3.05, 3.63) is 22.7 Å². The van der Waals surface area contributed by atoms with Gasteiger partial charge in [0.25, 0.3) is 15.3 Å². The van der Waals surface area contributed by atoms with Gasteiger partial charge in [-0.05, 0) is 36.4 Å². The molecule has 0 bridgehead atoms. The van der Waals surface area contributed by atoms with Crippen molar-refractivity contribution in [2.75, 3.05) is 0 Å². The number of carbonyl (C=O) groups is 1. The molecule has 1 aromatic rings. The van der Waals surface area contributed by atoms with Crippen LogP contribution in [-0.4, -0.2) is 13.7 Å². The van der Waals surface area contributed by atoms with E-state index in [0.29, 0.717) is 15.5 Å². The van der Waals surface area contributed by atoms with Crippen molar-refractivity contribution < 1.29 is 13.2 Å². The minimum Gasteiger partial charge on any atom is -0.260 e. The summed E-state index contributed by atoms with van der Waals surface area (Å²) in [5, 5.41) is -0.159. The standard InChI is InChI=1S/C8H6ClNO3S2/c1-4-2-7-6(3-5(4)9)14-8(11)10-15(7,12)13/h2-3H,1H3,(H,10,11). The Morgan fingerprint density at radius 2 is 2.07 bits per heavy atom. The lowest BCUT2D eigenvalue weighted by molar-refractivity contribution is 0.264. The predicted molar refractivity (Wildman–Crippen MR) is 57.8 cm³/mol. The van der Waals surface area contributed by atoms with Crippen LogP contribution in [0.15, 0.2) is 21.9 Å². The first-order valence-corrected chi connectivity index (χ1v) is 6.63. The van der Waals surface area contributed by atoms with Crippen molar-refractivity contribution in [1.82, 2.24) is 4.72 Å². The van der Waals surface area contributed by atoms with Crippen LogP contribution < -0.4 is 4.72 Å². The molecule has 4 nitrogen and oxygen atoms in total. The van der Waals surface area contributed by atoms with E-state index in [1.54, 1.807) is 6.92 Å². The third-order valence-electron chi connectivity index (χ3n) is 1.93. The molecule has 0 atom stereocenters. The Balaban J connectivity index is 2.74. The molecule has 0 saturated carbocycles. The van der Waals surface area contributed by atoms with Gasteiger partial charge in [-0.25, -0.2) is 13.1 Å². The van der Waals surface area contributed by atoms with E-state index in [1.807, 2.05) is 4.72 Å². The number of nitrogens with one attached hydrogen (secondary N) is 1. The molecule has 0 aromatic heterocycles. The van der Waals surface area contributed by atoms with E-state index in [0.717, 1.165) is 11.8 Å². The van der Waals surface area contributed by atoms with Gasteiger partial charge in [0.05, 0.1) is 0 Å². The molecule has 1 aliphatic rings. The molecule has 1 amide bonds. The molecule has 1 heterocycles. The summed E-state index contributed by atoms with van der Waals surface area (Å²) in [6.07, 6.45) is 0. The molecule has 80 valence electrons. The molecule has 0 spiro atoms. The number of carbonyl (C=O) groups excluding carboxylic acids is 1. The Morgan fingerprint density at radius 1 is 1.40 bits per heavy atom. The number of benzene rings is 1. The van der Waals surface area contributed by atoms with Crippen molar-refractivity contribution in [2.24, 2.45) is 0 Å². The quantitative estimate of drug-likeness (QED) is 0.779. The molecule has 15 heavy (non-hydrogen) atoms. The Hall–Kier alpha value is -0.720. The highest BCUT2D eigenvalue weighted by molar-refractivity contribution is 8.15. The second-order valence-corrected chi connectivity index (χ2v) is 6.12. The maximum Gasteiger partial charge on any atom is 0.297 e. The SMILES string of the molecule is Cc1cc2c(cc1Cl)SC(=O)NS2(=O)=O. The minimum absolute atomic E-state index is 0.106. The van der Waals surface area contributed by atoms with Crippen molar-refractivity contribution in [3.63, 3.8) is 0 Å². The number of fused-ring (bicyclic) bond motifs is 1. The molecule has 0 fully saturated rings. The summed E-state index contributed by atoms with van der Waals surface area (Å²) >= 11 is 6.67. The molecule has 1 aliphatic heterocycles. The van der Waals surface area contributed by atoms with Crippen LogP contribution in [0.1, 0.15) is 5.56 Å². The largest absolute Gasteiger partial charge is 0.297 e. The van der Waals surface area contributed by atoms with Gasteiger partial charge in [-0.15, -0.1) is 0 Å². The lowest BCUT2D eigenvalue weighted by Gasteiger charge is -2.16. The van der Waals surface area contributed by atoms with Gasteiger partial charge >= 0.3 is 0 Å². The van der Waals surface area contributed by atoms with Crippen LogP contribution in [0.2, 0.25) is 5.02 Å². The van der Waals surface area contributed by atoms with E-state index in [2.05, 4.69) is 0 Å². The van der Waals surface area contributed by atoms with Crippen LogP contribution >= 0.6 is 23.4 Å². The van der Waals surface area contributed by atoms with Gasteiger partial charge < -0.3 is 0 Å². The van der Waals surface area contributed by atoms with Crippen molar-refractivity contribution in [2.45, 2.75) is 16.7 Å². The summed E-state index contributed by atoms with van der Waals surface area (Å²) in [7, 11) is -3.71. The van der Waals surface area contributed by atoms with Gasteiger partial charge in [-0.1, -0.05) is 11.6 Å². The first-order valence-electron chi connectivity index (χ1n) is 3.95. The molecule has 0 saturated heterocycles. The molecule has 0 aliphatic carbocycles. The van der Waals surface area contributed by atoms with Gasteiger partial charge in [0.2, 0.25) is 0 Å². The summed E-state index contributed by atoms with van der Waals surface area (Å²) < 4.78 is 25.0. The fraction of sp³-hybridized carbons (Fsp3) is 0.125. The van der Waals surface area contributed by atoms with E-state index in [4.69, 9.17) is 11.6 Å². The Morgan fingerprint density at radius 3 is 2.73 bits per heavy atom. The Bertz CT molecular complexity index is 553. The minimum atomic E-state index is -3.71. The topological polar surface area (TPSA) is 63.2 Å². The third-order valence-corrected chi connectivity index (χ3v) is 4.82. The fourth-order valence-corrected chi connectivity index (χ4v) is 3.91. The number of amides is 1. The smallest absolute Gasteiger partial charge is 0.260 e. The van der Waals surface area contributed by atoms with Gasteiger partial charge in [0.15, 0.2) is 0 Å². The van der Waals surface area contributed by atoms with Crippen molar-refractivity contribution >= 4 is 38.6 Å². The summed E-state index contributed by atoms with van der Waals surface area (Å²) in [4.78, 5) is 11.5. The summed E-state index contributed by atoms with van der Waals surface area (Å²) in [5.41, 5.74) is 0.663. The van der Waals surface area contributed by atoms with E-state index < -0.39 is 15.3 Å². The highest BCUT2D eigenvalue weighted by Gasteiger charge is 2.29. The average Bonchev–Trinajstić information content (AvgIpc) is 2.07. The summed E-state index contributed by atoms with van der Waals surface area (Å²) in [5.74, 6) is 0. The zero-order valence-corrected chi connectivity index (χ0v) is 9.96. The summed E-state index contributed by atoms with van der Waals surface area (Å²) in [6, 6.07) is 2.95. The number of halogens is 1. The molecule has 1 N–H and O–H groups in total. The highest BCUT2D eigenvalue weighted by Crippen LogP contribution is 2.35. The van der Waals surface area contributed by atoms with Crippen LogP contribution in [0.4, 0.5) is 4.79 Å². The molecule has 7 heteroatoms. The van der Waals surface area contributed by atoms with Gasteiger partial charge in [-0.2, -0.15) is 0 Å². The zero-order chi connectivity index (χ0) is 11.2. The second-order valence-electron chi connectivity index (χ2n) is 3.04. The Labute approximate surface area is 96.1 Å². The summed E-state index contributed by atoms with van der Waals surface area (Å²) in [6.45, 7) is 1.71. The van der Waals surface area contributed by atoms with E-state index in [-0.39, 0.29) is 4.90 Å². The number of aryl methyl sites for hydroxylation is 1. The second kappa shape index (κ2) is 3.40. The fourth-order valence-electron chi connectivity index (χ4n) is 1.21. The predicted octanol–water partition coefficient (Wildman–Crippen LogP) is 2.15. The average molecular weight is 264 g/mol. The van der Waals surface area contributed by atoms with Crippen LogP contribution in [0, 0.1) is 6.92 Å². The highest BCUT2D eigenvalue weighted by atomic mass is 35.5. The zero-order valence-electron chi connectivity index (χ0n) is 7.57. The normalized spacial score (nSPS) is 18.1. The van der Waals surface area contributed by atoms with Crippen molar-refractivity contribution in [3.8, 4) is 0 Å². The van der Waals surface area contributed by atoms with Gasteiger partial charge in [0.1, 0.15) is 4.90 Å². The molecule has 0 unspecified atom stereocenters. The van der Waals surface area contributed by atoms with Gasteiger partial charge in [0, 0.05) is 9.92 Å². The molecule has 1 aromatic carbocycles. The lowest BCUT2D eigenvalue weighted by atomic mass is 10.2. The number of hydrogen-bond donors (Lipinski definition) is 1. The number of sulfonamides is 1. The molecular formula is C8H6ClNO3S2. The number of thioether (sulfide) groups is 1. The maximum atomic E-state index is 11.6. The molecule has 0 radical (unpaired) electrons.